The molecule has 0 atom stereocenters. The summed E-state index contributed by atoms with van der Waals surface area (Å²) < 4.78 is 5.35. The minimum absolute atomic E-state index is 0.452. The van der Waals surface area contributed by atoms with Crippen molar-refractivity contribution < 1.29 is 4.74 Å². The molecule has 0 unspecified atom stereocenters. The molecule has 4 heteroatoms. The Morgan fingerprint density at radius 1 is 1.21 bits per heavy atom. The van der Waals surface area contributed by atoms with Gasteiger partial charge in [-0.15, -0.1) is 0 Å². The second-order valence-corrected chi connectivity index (χ2v) is 6.28. The Hall–Kier alpha value is -2.49. The summed E-state index contributed by atoms with van der Waals surface area (Å²) in [5.74, 6) is 1.33. The van der Waals surface area contributed by atoms with Gasteiger partial charge in [0.15, 0.2) is 5.96 Å². The number of nitrogens with one attached hydrogen (secondary N) is 1. The zero-order valence-electron chi connectivity index (χ0n) is 14.4. The molecule has 0 aromatic heterocycles. The van der Waals surface area contributed by atoms with Gasteiger partial charge in [-0.05, 0) is 67.0 Å². The molecule has 24 heavy (non-hydrogen) atoms. The van der Waals surface area contributed by atoms with E-state index >= 15 is 0 Å². The van der Waals surface area contributed by atoms with Crippen molar-refractivity contribution >= 4 is 11.6 Å². The monoisotopic (exact) mass is 323 g/mol. The Bertz CT molecular complexity index is 753. The van der Waals surface area contributed by atoms with Crippen molar-refractivity contribution in [1.82, 2.24) is 0 Å². The fourth-order valence-corrected chi connectivity index (χ4v) is 3.22. The summed E-state index contributed by atoms with van der Waals surface area (Å²) in [6.45, 7) is 2.56. The average molecular weight is 323 g/mol. The number of nitrogens with zero attached hydrogens (tertiary/aromatic N) is 1. The number of guanidine groups is 1. The van der Waals surface area contributed by atoms with Crippen molar-refractivity contribution in [2.24, 2.45) is 10.7 Å². The fraction of sp³-hybridized carbons (Fsp3) is 0.350. The fourth-order valence-electron chi connectivity index (χ4n) is 3.22. The SMILES string of the molecule is COc1cc(CN=C(N)Nc2cccc3c2CCCC3)ccc1C. The summed E-state index contributed by atoms with van der Waals surface area (Å²) in [6.07, 6.45) is 4.78. The second kappa shape index (κ2) is 7.39. The van der Waals surface area contributed by atoms with Crippen LogP contribution >= 0.6 is 0 Å². The van der Waals surface area contributed by atoms with E-state index in [-0.39, 0.29) is 0 Å². The predicted molar refractivity (Wildman–Crippen MR) is 99.8 cm³/mol. The van der Waals surface area contributed by atoms with Gasteiger partial charge in [0.2, 0.25) is 0 Å². The number of anilines is 1. The van der Waals surface area contributed by atoms with Crippen LogP contribution in [-0.4, -0.2) is 13.1 Å². The lowest BCUT2D eigenvalue weighted by molar-refractivity contribution is 0.411. The molecule has 0 aliphatic heterocycles. The predicted octanol–water partition coefficient (Wildman–Crippen LogP) is 3.81. The highest BCUT2D eigenvalue weighted by molar-refractivity contribution is 5.93. The van der Waals surface area contributed by atoms with Crippen molar-refractivity contribution in [1.29, 1.82) is 0 Å². The number of benzene rings is 2. The van der Waals surface area contributed by atoms with Crippen LogP contribution in [0.4, 0.5) is 5.69 Å². The van der Waals surface area contributed by atoms with Crippen molar-refractivity contribution in [2.75, 3.05) is 12.4 Å². The van der Waals surface area contributed by atoms with Crippen LogP contribution in [0.5, 0.6) is 5.75 Å². The van der Waals surface area contributed by atoms with Crippen LogP contribution in [0.25, 0.3) is 0 Å². The summed E-state index contributed by atoms with van der Waals surface area (Å²) >= 11 is 0. The van der Waals surface area contributed by atoms with Gasteiger partial charge < -0.3 is 15.8 Å². The first-order chi connectivity index (χ1) is 11.7. The number of nitrogens with two attached hydrogens (primary N) is 1. The van der Waals surface area contributed by atoms with Crippen LogP contribution in [0.1, 0.15) is 35.1 Å². The van der Waals surface area contributed by atoms with E-state index in [9.17, 15) is 0 Å². The third-order valence-corrected chi connectivity index (χ3v) is 4.56. The Morgan fingerprint density at radius 2 is 2.04 bits per heavy atom. The van der Waals surface area contributed by atoms with E-state index < -0.39 is 0 Å². The van der Waals surface area contributed by atoms with E-state index in [2.05, 4.69) is 34.6 Å². The molecule has 1 aliphatic carbocycles. The zero-order valence-corrected chi connectivity index (χ0v) is 14.4. The van der Waals surface area contributed by atoms with Crippen LogP contribution in [0.3, 0.4) is 0 Å². The molecule has 126 valence electrons. The molecule has 0 radical (unpaired) electrons. The highest BCUT2D eigenvalue weighted by Gasteiger charge is 2.13. The normalized spacial score (nSPS) is 14.2. The number of hydrogen-bond acceptors (Lipinski definition) is 2. The summed E-state index contributed by atoms with van der Waals surface area (Å²) in [6, 6.07) is 12.5. The lowest BCUT2D eigenvalue weighted by Gasteiger charge is -2.19. The third-order valence-electron chi connectivity index (χ3n) is 4.56. The summed E-state index contributed by atoms with van der Waals surface area (Å²) in [4.78, 5) is 4.47. The molecule has 2 aromatic rings. The van der Waals surface area contributed by atoms with E-state index in [4.69, 9.17) is 10.5 Å². The largest absolute Gasteiger partial charge is 0.496 e. The molecule has 0 amide bonds. The Labute approximate surface area is 143 Å². The van der Waals surface area contributed by atoms with Crippen molar-refractivity contribution in [2.45, 2.75) is 39.2 Å². The first-order valence-corrected chi connectivity index (χ1v) is 8.48. The van der Waals surface area contributed by atoms with Gasteiger partial charge in [-0.25, -0.2) is 4.99 Å². The second-order valence-electron chi connectivity index (χ2n) is 6.28. The van der Waals surface area contributed by atoms with Crippen molar-refractivity contribution in [3.63, 3.8) is 0 Å². The molecule has 1 aliphatic rings. The van der Waals surface area contributed by atoms with E-state index in [1.54, 1.807) is 7.11 Å². The van der Waals surface area contributed by atoms with Gasteiger partial charge in [0.1, 0.15) is 5.75 Å². The molecule has 3 rings (SSSR count). The average Bonchev–Trinajstić information content (AvgIpc) is 2.61. The Balaban J connectivity index is 1.71. The molecule has 0 heterocycles. The highest BCUT2D eigenvalue weighted by Crippen LogP contribution is 2.27. The third kappa shape index (κ3) is 3.70. The van der Waals surface area contributed by atoms with Crippen molar-refractivity contribution in [3.8, 4) is 5.75 Å². The molecule has 0 spiro atoms. The van der Waals surface area contributed by atoms with Crippen LogP contribution in [0.15, 0.2) is 41.4 Å². The van der Waals surface area contributed by atoms with Crippen LogP contribution in [0.2, 0.25) is 0 Å². The number of methoxy groups -OCH3 is 1. The summed E-state index contributed by atoms with van der Waals surface area (Å²) in [7, 11) is 1.68. The molecule has 0 fully saturated rings. The van der Waals surface area contributed by atoms with Gasteiger partial charge in [-0.3, -0.25) is 0 Å². The maximum Gasteiger partial charge on any atom is 0.193 e. The number of ether oxygens (including phenoxy) is 1. The van der Waals surface area contributed by atoms with E-state index in [0.717, 1.165) is 35.4 Å². The maximum atomic E-state index is 6.09. The minimum atomic E-state index is 0.452. The summed E-state index contributed by atoms with van der Waals surface area (Å²) in [5, 5.41) is 3.28. The standard InChI is InChI=1S/C20H25N3O/c1-14-10-11-15(12-19(14)24-2)13-22-20(21)23-18-9-5-7-16-6-3-4-8-17(16)18/h5,7,9-12H,3-4,6,8,13H2,1-2H3,(H3,21,22,23). The molecular formula is C20H25N3O. The van der Waals surface area contributed by atoms with Gasteiger partial charge in [-0.1, -0.05) is 24.3 Å². The lowest BCUT2D eigenvalue weighted by Crippen LogP contribution is -2.24. The number of hydrogen-bond donors (Lipinski definition) is 2. The molecule has 0 saturated carbocycles. The first kappa shape index (κ1) is 16.4. The Kier molecular flexibility index (Phi) is 5.04. The lowest BCUT2D eigenvalue weighted by atomic mass is 9.90. The smallest absolute Gasteiger partial charge is 0.193 e. The molecule has 0 saturated heterocycles. The number of aryl methyl sites for hydroxylation is 2. The van der Waals surface area contributed by atoms with Gasteiger partial charge >= 0.3 is 0 Å². The molecular weight excluding hydrogens is 298 g/mol. The van der Waals surface area contributed by atoms with Gasteiger partial charge in [0.25, 0.3) is 0 Å². The van der Waals surface area contributed by atoms with E-state index in [1.165, 1.54) is 24.0 Å². The zero-order chi connectivity index (χ0) is 16.9. The maximum absolute atomic E-state index is 6.09. The van der Waals surface area contributed by atoms with Crippen LogP contribution in [-0.2, 0) is 19.4 Å². The minimum Gasteiger partial charge on any atom is -0.496 e. The van der Waals surface area contributed by atoms with E-state index in [0.29, 0.717) is 12.5 Å². The summed E-state index contributed by atoms with van der Waals surface area (Å²) in [5.41, 5.74) is 12.2. The Morgan fingerprint density at radius 3 is 2.88 bits per heavy atom. The molecule has 0 bridgehead atoms. The highest BCUT2D eigenvalue weighted by atomic mass is 16.5. The first-order valence-electron chi connectivity index (χ1n) is 8.48. The van der Waals surface area contributed by atoms with Gasteiger partial charge in [0.05, 0.1) is 13.7 Å². The quantitative estimate of drug-likeness (QED) is 0.664. The van der Waals surface area contributed by atoms with Gasteiger partial charge in [0, 0.05) is 5.69 Å². The molecule has 4 nitrogen and oxygen atoms in total. The van der Waals surface area contributed by atoms with E-state index in [1.807, 2.05) is 19.1 Å². The number of rotatable bonds is 4. The number of fused-ring (bicyclic) bond motifs is 1. The molecule has 2 aromatic carbocycles. The van der Waals surface area contributed by atoms with Crippen LogP contribution in [0, 0.1) is 6.92 Å². The van der Waals surface area contributed by atoms with Crippen LogP contribution < -0.4 is 15.8 Å². The topological polar surface area (TPSA) is 59.6 Å². The van der Waals surface area contributed by atoms with Crippen molar-refractivity contribution in [3.05, 3.63) is 58.7 Å². The van der Waals surface area contributed by atoms with Gasteiger partial charge in [-0.2, -0.15) is 0 Å². The molecule has 3 N–H and O–H groups in total. The number of aliphatic imine (C=N–C) groups is 1.